The smallest absolute Gasteiger partial charge is 0.0610 e. The summed E-state index contributed by atoms with van der Waals surface area (Å²) in [5.74, 6) is 0.347. The van der Waals surface area contributed by atoms with Gasteiger partial charge in [-0.05, 0) is 38.0 Å². The Morgan fingerprint density at radius 1 is 1.53 bits per heavy atom. The largest absolute Gasteiger partial charge is 0.392 e. The SMILES string of the molecule is C=C(C)[C@@H]1CCC(C)(CCCC)C[C@H]1O. The highest BCUT2D eigenvalue weighted by molar-refractivity contribution is 5.03. The Kier molecular flexibility index (Phi) is 4.39. The lowest BCUT2D eigenvalue weighted by Gasteiger charge is -2.41. The van der Waals surface area contributed by atoms with Crippen molar-refractivity contribution in [2.75, 3.05) is 0 Å². The van der Waals surface area contributed by atoms with Gasteiger partial charge >= 0.3 is 0 Å². The maximum Gasteiger partial charge on any atom is 0.0610 e. The first-order valence-corrected chi connectivity index (χ1v) is 6.32. The van der Waals surface area contributed by atoms with Crippen LogP contribution in [-0.2, 0) is 0 Å². The number of hydrogen-bond acceptors (Lipinski definition) is 1. The molecule has 0 aromatic heterocycles. The fourth-order valence-electron chi connectivity index (χ4n) is 2.85. The zero-order valence-electron chi connectivity index (χ0n) is 10.6. The van der Waals surface area contributed by atoms with Gasteiger partial charge in [-0.25, -0.2) is 0 Å². The van der Waals surface area contributed by atoms with Gasteiger partial charge in [0.25, 0.3) is 0 Å². The van der Waals surface area contributed by atoms with Gasteiger partial charge < -0.3 is 5.11 Å². The molecule has 0 aromatic rings. The van der Waals surface area contributed by atoms with E-state index < -0.39 is 0 Å². The molecule has 1 N–H and O–H groups in total. The average molecular weight is 210 g/mol. The summed E-state index contributed by atoms with van der Waals surface area (Å²) >= 11 is 0. The van der Waals surface area contributed by atoms with Gasteiger partial charge in [0.1, 0.15) is 0 Å². The normalized spacial score (nSPS) is 36.5. The second-order valence-electron chi connectivity index (χ2n) is 5.68. The number of hydrogen-bond donors (Lipinski definition) is 1. The molecule has 1 aliphatic rings. The summed E-state index contributed by atoms with van der Waals surface area (Å²) in [4.78, 5) is 0. The molecule has 88 valence electrons. The van der Waals surface area contributed by atoms with Gasteiger partial charge in [0.15, 0.2) is 0 Å². The Hall–Kier alpha value is -0.300. The maximum absolute atomic E-state index is 10.1. The molecule has 1 aliphatic carbocycles. The van der Waals surface area contributed by atoms with Crippen LogP contribution < -0.4 is 0 Å². The van der Waals surface area contributed by atoms with E-state index in [0.29, 0.717) is 11.3 Å². The van der Waals surface area contributed by atoms with Gasteiger partial charge in [-0.15, -0.1) is 0 Å². The summed E-state index contributed by atoms with van der Waals surface area (Å²) in [5.41, 5.74) is 1.53. The minimum Gasteiger partial charge on any atom is -0.392 e. The van der Waals surface area contributed by atoms with Crippen molar-refractivity contribution >= 4 is 0 Å². The van der Waals surface area contributed by atoms with E-state index in [-0.39, 0.29) is 6.10 Å². The Morgan fingerprint density at radius 2 is 2.20 bits per heavy atom. The molecule has 1 unspecified atom stereocenters. The Morgan fingerprint density at radius 3 is 2.67 bits per heavy atom. The highest BCUT2D eigenvalue weighted by Crippen LogP contribution is 2.43. The fraction of sp³-hybridized carbons (Fsp3) is 0.857. The van der Waals surface area contributed by atoms with E-state index in [1.807, 2.05) is 6.92 Å². The van der Waals surface area contributed by atoms with Gasteiger partial charge in [0.2, 0.25) is 0 Å². The molecule has 1 nitrogen and oxygen atoms in total. The van der Waals surface area contributed by atoms with Gasteiger partial charge in [0.05, 0.1) is 6.10 Å². The molecule has 1 heteroatoms. The molecular formula is C14H26O. The number of rotatable bonds is 4. The lowest BCUT2D eigenvalue weighted by atomic mass is 9.66. The maximum atomic E-state index is 10.1. The predicted octanol–water partition coefficient (Wildman–Crippen LogP) is 3.92. The van der Waals surface area contributed by atoms with Gasteiger partial charge in [-0.2, -0.15) is 0 Å². The van der Waals surface area contributed by atoms with Crippen molar-refractivity contribution in [1.29, 1.82) is 0 Å². The first-order chi connectivity index (χ1) is 6.98. The third-order valence-corrected chi connectivity index (χ3v) is 3.99. The third-order valence-electron chi connectivity index (χ3n) is 3.99. The second-order valence-corrected chi connectivity index (χ2v) is 5.68. The summed E-state index contributed by atoms with van der Waals surface area (Å²) in [5, 5.41) is 10.1. The molecule has 0 heterocycles. The minimum absolute atomic E-state index is 0.155. The second kappa shape index (κ2) is 5.16. The highest BCUT2D eigenvalue weighted by atomic mass is 16.3. The summed E-state index contributed by atoms with van der Waals surface area (Å²) in [7, 11) is 0. The van der Waals surface area contributed by atoms with Crippen LogP contribution in [0.5, 0.6) is 0 Å². The molecule has 0 amide bonds. The fourth-order valence-corrected chi connectivity index (χ4v) is 2.85. The Bertz CT molecular complexity index is 221. The molecule has 3 atom stereocenters. The molecule has 15 heavy (non-hydrogen) atoms. The highest BCUT2D eigenvalue weighted by Gasteiger charge is 2.36. The molecular weight excluding hydrogens is 184 g/mol. The molecule has 0 radical (unpaired) electrons. The molecule has 0 saturated heterocycles. The van der Waals surface area contributed by atoms with Gasteiger partial charge in [-0.1, -0.05) is 38.8 Å². The molecule has 1 fully saturated rings. The van der Waals surface area contributed by atoms with E-state index in [9.17, 15) is 5.11 Å². The monoisotopic (exact) mass is 210 g/mol. The zero-order chi connectivity index (χ0) is 11.5. The van der Waals surface area contributed by atoms with Crippen LogP contribution in [0, 0.1) is 11.3 Å². The van der Waals surface area contributed by atoms with Gasteiger partial charge in [-0.3, -0.25) is 0 Å². The van der Waals surface area contributed by atoms with Crippen molar-refractivity contribution in [3.63, 3.8) is 0 Å². The molecule has 0 aliphatic heterocycles. The van der Waals surface area contributed by atoms with Crippen LogP contribution in [0.3, 0.4) is 0 Å². The molecule has 0 spiro atoms. The van der Waals surface area contributed by atoms with E-state index >= 15 is 0 Å². The van der Waals surface area contributed by atoms with E-state index in [1.165, 1.54) is 25.7 Å². The molecule has 1 rings (SSSR count). The molecule has 0 aromatic carbocycles. The van der Waals surface area contributed by atoms with Crippen molar-refractivity contribution < 1.29 is 5.11 Å². The lowest BCUT2D eigenvalue weighted by molar-refractivity contribution is 0.0173. The van der Waals surface area contributed by atoms with Crippen LogP contribution in [0.4, 0.5) is 0 Å². The first kappa shape index (κ1) is 12.8. The van der Waals surface area contributed by atoms with E-state index in [4.69, 9.17) is 0 Å². The molecule has 0 bridgehead atoms. The van der Waals surface area contributed by atoms with Crippen LogP contribution in [-0.4, -0.2) is 11.2 Å². The third kappa shape index (κ3) is 3.34. The van der Waals surface area contributed by atoms with Crippen molar-refractivity contribution in [1.82, 2.24) is 0 Å². The number of aliphatic hydroxyl groups excluding tert-OH is 1. The summed E-state index contributed by atoms with van der Waals surface area (Å²) in [6.45, 7) is 10.6. The molecule has 1 saturated carbocycles. The summed E-state index contributed by atoms with van der Waals surface area (Å²) < 4.78 is 0. The number of aliphatic hydroxyl groups is 1. The van der Waals surface area contributed by atoms with Crippen LogP contribution in [0.15, 0.2) is 12.2 Å². The van der Waals surface area contributed by atoms with Crippen molar-refractivity contribution in [2.45, 2.75) is 65.4 Å². The van der Waals surface area contributed by atoms with Crippen LogP contribution in [0.1, 0.15) is 59.3 Å². The van der Waals surface area contributed by atoms with Crippen molar-refractivity contribution in [3.8, 4) is 0 Å². The average Bonchev–Trinajstić information content (AvgIpc) is 2.14. The number of unbranched alkanes of at least 4 members (excludes halogenated alkanes) is 1. The van der Waals surface area contributed by atoms with Crippen molar-refractivity contribution in [2.24, 2.45) is 11.3 Å². The van der Waals surface area contributed by atoms with Crippen LogP contribution >= 0.6 is 0 Å². The standard InChI is InChI=1S/C14H26O/c1-5-6-8-14(4)9-7-12(11(2)3)13(15)10-14/h12-13,15H,2,5-10H2,1,3-4H3/t12-,13+,14?/m0/s1. The van der Waals surface area contributed by atoms with E-state index in [1.54, 1.807) is 0 Å². The summed E-state index contributed by atoms with van der Waals surface area (Å²) in [6.07, 6.45) is 7.00. The predicted molar refractivity (Wildman–Crippen MR) is 65.8 cm³/mol. The Balaban J connectivity index is 2.52. The van der Waals surface area contributed by atoms with E-state index in [2.05, 4.69) is 20.4 Å². The van der Waals surface area contributed by atoms with Gasteiger partial charge in [0, 0.05) is 5.92 Å². The van der Waals surface area contributed by atoms with E-state index in [0.717, 1.165) is 18.4 Å². The first-order valence-electron chi connectivity index (χ1n) is 6.32. The topological polar surface area (TPSA) is 20.2 Å². The lowest BCUT2D eigenvalue weighted by Crippen LogP contribution is -2.35. The quantitative estimate of drug-likeness (QED) is 0.697. The minimum atomic E-state index is -0.155. The van der Waals surface area contributed by atoms with Crippen LogP contribution in [0.25, 0.3) is 0 Å². The summed E-state index contributed by atoms with van der Waals surface area (Å²) in [6, 6.07) is 0. The van der Waals surface area contributed by atoms with Crippen LogP contribution in [0.2, 0.25) is 0 Å². The Labute approximate surface area is 94.6 Å². The zero-order valence-corrected chi connectivity index (χ0v) is 10.6. The van der Waals surface area contributed by atoms with Crippen molar-refractivity contribution in [3.05, 3.63) is 12.2 Å².